The minimum absolute atomic E-state index is 0.311. The Kier molecular flexibility index (Phi) is 5.09. The van der Waals surface area contributed by atoms with Crippen LogP contribution < -0.4 is 11.1 Å². The predicted octanol–water partition coefficient (Wildman–Crippen LogP) is -0.134. The van der Waals surface area contributed by atoms with Gasteiger partial charge in [0.1, 0.15) is 5.82 Å². The number of carbonyl (C=O) groups excluding carboxylic acids is 1. The summed E-state index contributed by atoms with van der Waals surface area (Å²) in [4.78, 5) is 15.5. The molecule has 0 saturated heterocycles. The number of likely N-dealkylation sites (N-methyl/N-ethyl adjacent to an activating group) is 1. The van der Waals surface area contributed by atoms with Crippen LogP contribution in [0.2, 0.25) is 0 Å². The molecule has 1 aromatic rings. The molecule has 3 N–H and O–H groups in total. The highest BCUT2D eigenvalue weighted by Gasteiger charge is 2.14. The van der Waals surface area contributed by atoms with Crippen molar-refractivity contribution in [2.75, 3.05) is 7.05 Å². The fourth-order valence-corrected chi connectivity index (χ4v) is 1.70. The number of rotatable bonds is 7. The first-order chi connectivity index (χ1) is 8.12. The SMILES string of the molecule is CCc1nc(CC)n(CCC(NC)C(N)=O)n1. The Morgan fingerprint density at radius 3 is 2.65 bits per heavy atom. The molecule has 1 rings (SSSR count). The first kappa shape index (κ1) is 13.6. The number of nitrogens with two attached hydrogens (primary N) is 1. The van der Waals surface area contributed by atoms with Crippen LogP contribution in [-0.2, 0) is 24.2 Å². The monoisotopic (exact) mass is 239 g/mol. The second kappa shape index (κ2) is 6.34. The molecule has 0 aromatic carbocycles. The van der Waals surface area contributed by atoms with Gasteiger partial charge in [0.15, 0.2) is 5.82 Å². The van der Waals surface area contributed by atoms with Crippen molar-refractivity contribution in [3.05, 3.63) is 11.6 Å². The average Bonchev–Trinajstić information content (AvgIpc) is 2.72. The van der Waals surface area contributed by atoms with Gasteiger partial charge in [-0.2, -0.15) is 5.10 Å². The van der Waals surface area contributed by atoms with Crippen LogP contribution in [0.25, 0.3) is 0 Å². The summed E-state index contributed by atoms with van der Waals surface area (Å²) in [6, 6.07) is -0.311. The fourth-order valence-electron chi connectivity index (χ4n) is 1.70. The van der Waals surface area contributed by atoms with E-state index >= 15 is 0 Å². The highest BCUT2D eigenvalue weighted by Crippen LogP contribution is 2.03. The molecule has 0 aliphatic heterocycles. The number of nitrogens with one attached hydrogen (secondary N) is 1. The summed E-state index contributed by atoms with van der Waals surface area (Å²) in [5, 5.41) is 7.28. The maximum absolute atomic E-state index is 11.1. The molecule has 17 heavy (non-hydrogen) atoms. The van der Waals surface area contributed by atoms with Crippen molar-refractivity contribution in [2.24, 2.45) is 5.73 Å². The highest BCUT2D eigenvalue weighted by molar-refractivity contribution is 5.79. The summed E-state index contributed by atoms with van der Waals surface area (Å²) in [5.74, 6) is 1.48. The van der Waals surface area contributed by atoms with E-state index in [0.29, 0.717) is 13.0 Å². The first-order valence-electron chi connectivity index (χ1n) is 6.01. The Balaban J connectivity index is 2.67. The molecule has 0 spiro atoms. The number of hydrogen-bond donors (Lipinski definition) is 2. The van der Waals surface area contributed by atoms with Gasteiger partial charge in [0.05, 0.1) is 6.04 Å². The average molecular weight is 239 g/mol. The van der Waals surface area contributed by atoms with E-state index in [1.807, 2.05) is 18.5 Å². The lowest BCUT2D eigenvalue weighted by atomic mass is 10.2. The van der Waals surface area contributed by atoms with Crippen molar-refractivity contribution in [3.63, 3.8) is 0 Å². The van der Waals surface area contributed by atoms with Crippen molar-refractivity contribution < 1.29 is 4.79 Å². The lowest BCUT2D eigenvalue weighted by Gasteiger charge is -2.12. The van der Waals surface area contributed by atoms with E-state index in [0.717, 1.165) is 24.5 Å². The third-order valence-electron chi connectivity index (χ3n) is 2.75. The third kappa shape index (κ3) is 3.52. The molecular formula is C11H21N5O. The molecule has 1 amide bonds. The van der Waals surface area contributed by atoms with Gasteiger partial charge in [0, 0.05) is 19.4 Å². The summed E-state index contributed by atoms with van der Waals surface area (Å²) in [7, 11) is 1.73. The molecule has 0 aliphatic carbocycles. The summed E-state index contributed by atoms with van der Waals surface area (Å²) < 4.78 is 1.87. The van der Waals surface area contributed by atoms with Gasteiger partial charge >= 0.3 is 0 Å². The van der Waals surface area contributed by atoms with Crippen LogP contribution in [0.4, 0.5) is 0 Å². The van der Waals surface area contributed by atoms with E-state index < -0.39 is 0 Å². The molecule has 96 valence electrons. The van der Waals surface area contributed by atoms with E-state index in [-0.39, 0.29) is 11.9 Å². The minimum atomic E-state index is -0.332. The van der Waals surface area contributed by atoms with Crippen molar-refractivity contribution in [3.8, 4) is 0 Å². The van der Waals surface area contributed by atoms with E-state index in [2.05, 4.69) is 15.4 Å². The van der Waals surface area contributed by atoms with E-state index in [9.17, 15) is 4.79 Å². The Hall–Kier alpha value is -1.43. The highest BCUT2D eigenvalue weighted by atomic mass is 16.1. The van der Waals surface area contributed by atoms with Crippen LogP contribution in [0.1, 0.15) is 31.9 Å². The lowest BCUT2D eigenvalue weighted by molar-refractivity contribution is -0.120. The summed E-state index contributed by atoms with van der Waals surface area (Å²) >= 11 is 0. The minimum Gasteiger partial charge on any atom is -0.368 e. The zero-order valence-corrected chi connectivity index (χ0v) is 10.7. The predicted molar refractivity (Wildman–Crippen MR) is 65.4 cm³/mol. The Morgan fingerprint density at radius 1 is 1.47 bits per heavy atom. The van der Waals surface area contributed by atoms with Gasteiger partial charge in [0.25, 0.3) is 0 Å². The van der Waals surface area contributed by atoms with E-state index in [1.54, 1.807) is 7.05 Å². The molecule has 1 atom stereocenters. The normalized spacial score (nSPS) is 12.6. The van der Waals surface area contributed by atoms with Crippen molar-refractivity contribution in [1.29, 1.82) is 0 Å². The molecule has 0 aliphatic rings. The number of aryl methyl sites for hydroxylation is 3. The van der Waals surface area contributed by atoms with Crippen molar-refractivity contribution >= 4 is 5.91 Å². The topological polar surface area (TPSA) is 85.8 Å². The number of carbonyl (C=O) groups is 1. The number of primary amides is 1. The molecule has 0 radical (unpaired) electrons. The van der Waals surface area contributed by atoms with E-state index in [4.69, 9.17) is 5.73 Å². The van der Waals surface area contributed by atoms with Gasteiger partial charge in [-0.25, -0.2) is 9.67 Å². The zero-order valence-electron chi connectivity index (χ0n) is 10.7. The van der Waals surface area contributed by atoms with Gasteiger partial charge in [-0.15, -0.1) is 0 Å². The number of nitrogens with zero attached hydrogens (tertiary/aromatic N) is 3. The largest absolute Gasteiger partial charge is 0.368 e. The zero-order chi connectivity index (χ0) is 12.8. The smallest absolute Gasteiger partial charge is 0.234 e. The Morgan fingerprint density at radius 2 is 2.18 bits per heavy atom. The summed E-state index contributed by atoms with van der Waals surface area (Å²) in [6.45, 7) is 4.73. The van der Waals surface area contributed by atoms with Crippen LogP contribution in [-0.4, -0.2) is 33.8 Å². The lowest BCUT2D eigenvalue weighted by Crippen LogP contribution is -2.39. The summed E-state index contributed by atoms with van der Waals surface area (Å²) in [5.41, 5.74) is 5.27. The molecule has 1 aromatic heterocycles. The fraction of sp³-hybridized carbons (Fsp3) is 0.727. The summed E-state index contributed by atoms with van der Waals surface area (Å²) in [6.07, 6.45) is 2.30. The molecule has 6 heteroatoms. The quantitative estimate of drug-likeness (QED) is 0.694. The molecule has 0 saturated carbocycles. The van der Waals surface area contributed by atoms with Gasteiger partial charge in [-0.1, -0.05) is 13.8 Å². The van der Waals surface area contributed by atoms with Crippen LogP contribution in [0, 0.1) is 0 Å². The first-order valence-corrected chi connectivity index (χ1v) is 6.01. The second-order valence-corrected chi connectivity index (χ2v) is 3.91. The maximum atomic E-state index is 11.1. The van der Waals surface area contributed by atoms with Crippen LogP contribution in [0.15, 0.2) is 0 Å². The van der Waals surface area contributed by atoms with Gasteiger partial charge < -0.3 is 11.1 Å². The number of aromatic nitrogens is 3. The molecule has 0 bridgehead atoms. The van der Waals surface area contributed by atoms with Crippen LogP contribution in [0.3, 0.4) is 0 Å². The van der Waals surface area contributed by atoms with Crippen LogP contribution in [0.5, 0.6) is 0 Å². The van der Waals surface area contributed by atoms with Crippen molar-refractivity contribution in [2.45, 2.75) is 45.7 Å². The van der Waals surface area contributed by atoms with Crippen LogP contribution >= 0.6 is 0 Å². The molecule has 0 fully saturated rings. The van der Waals surface area contributed by atoms with Gasteiger partial charge in [0.2, 0.25) is 5.91 Å². The van der Waals surface area contributed by atoms with E-state index in [1.165, 1.54) is 0 Å². The molecule has 1 unspecified atom stereocenters. The second-order valence-electron chi connectivity index (χ2n) is 3.91. The molecule has 6 nitrogen and oxygen atoms in total. The third-order valence-corrected chi connectivity index (χ3v) is 2.75. The molecular weight excluding hydrogens is 218 g/mol. The number of hydrogen-bond acceptors (Lipinski definition) is 4. The standard InChI is InChI=1S/C11H21N5O/c1-4-9-14-10(5-2)16(15-9)7-6-8(13-3)11(12)17/h8,13H,4-7H2,1-3H3,(H2,12,17). The number of amides is 1. The van der Waals surface area contributed by atoms with Crippen molar-refractivity contribution in [1.82, 2.24) is 20.1 Å². The van der Waals surface area contributed by atoms with Gasteiger partial charge in [-0.05, 0) is 13.5 Å². The molecule has 1 heterocycles. The Labute approximate surface area is 102 Å². The van der Waals surface area contributed by atoms with Gasteiger partial charge in [-0.3, -0.25) is 4.79 Å². The Bertz CT molecular complexity index is 374. The maximum Gasteiger partial charge on any atom is 0.234 e.